The van der Waals surface area contributed by atoms with Crippen LogP contribution in [0.2, 0.25) is 4.47 Å². The van der Waals surface area contributed by atoms with Gasteiger partial charge in [0.15, 0.2) is 4.47 Å². The number of nitrogens with one attached hydrogen (secondary N) is 1. The van der Waals surface area contributed by atoms with Gasteiger partial charge >= 0.3 is 0 Å². The third-order valence-electron chi connectivity index (χ3n) is 3.17. The number of phenolic OH excluding ortho intramolecular Hbond substituents is 1. The maximum absolute atomic E-state index is 10.1. The van der Waals surface area contributed by atoms with Crippen LogP contribution in [-0.4, -0.2) is 10.1 Å². The minimum Gasteiger partial charge on any atom is -0.507 e. The Kier molecular flexibility index (Phi) is 4.66. The van der Waals surface area contributed by atoms with E-state index in [1.165, 1.54) is 11.3 Å². The van der Waals surface area contributed by atoms with Gasteiger partial charge in [-0.2, -0.15) is 0 Å². The summed E-state index contributed by atoms with van der Waals surface area (Å²) in [5, 5.41) is 13.5. The molecule has 3 aromatic rings. The minimum absolute atomic E-state index is 0.254. The number of thiazole rings is 1. The first kappa shape index (κ1) is 15.3. The summed E-state index contributed by atoms with van der Waals surface area (Å²) < 4.78 is 1.47. The van der Waals surface area contributed by atoms with E-state index < -0.39 is 0 Å². The first-order chi connectivity index (χ1) is 10.6. The topological polar surface area (TPSA) is 45.1 Å². The summed E-state index contributed by atoms with van der Waals surface area (Å²) in [4.78, 5) is 5.08. The second kappa shape index (κ2) is 6.69. The molecule has 0 saturated carbocycles. The van der Waals surface area contributed by atoms with Crippen molar-refractivity contribution in [2.75, 3.05) is 5.32 Å². The highest BCUT2D eigenvalue weighted by Gasteiger charge is 2.12. The fourth-order valence-corrected chi connectivity index (χ4v) is 3.59. The molecule has 0 radical (unpaired) electrons. The third-order valence-corrected chi connectivity index (χ3v) is 4.95. The molecule has 0 aliphatic rings. The molecule has 22 heavy (non-hydrogen) atoms. The summed E-state index contributed by atoms with van der Waals surface area (Å²) in [5.41, 5.74) is 2.64. The summed E-state index contributed by atoms with van der Waals surface area (Å²) in [5.74, 6) is 0.254. The molecule has 1 aromatic heterocycles. The number of phenols is 1. The zero-order chi connectivity index (χ0) is 15.5. The molecule has 0 bridgehead atoms. The first-order valence-corrected chi connectivity index (χ1v) is 8.55. The highest BCUT2D eigenvalue weighted by Crippen LogP contribution is 2.38. The molecule has 1 heterocycles. The van der Waals surface area contributed by atoms with Gasteiger partial charge in [-0.15, -0.1) is 11.3 Å². The second-order valence-electron chi connectivity index (χ2n) is 4.61. The molecule has 3 nitrogen and oxygen atoms in total. The lowest BCUT2D eigenvalue weighted by molar-refractivity contribution is 0.477. The Bertz CT molecular complexity index is 806. The third kappa shape index (κ3) is 3.27. The Morgan fingerprint density at radius 1 is 1.14 bits per heavy atom. The van der Waals surface area contributed by atoms with E-state index in [4.69, 9.17) is 11.6 Å². The van der Waals surface area contributed by atoms with Gasteiger partial charge in [0.1, 0.15) is 5.75 Å². The lowest BCUT2D eigenvalue weighted by Crippen LogP contribution is -2.00. The van der Waals surface area contributed by atoms with Crippen LogP contribution in [0.25, 0.3) is 11.1 Å². The maximum atomic E-state index is 10.1. The minimum atomic E-state index is 0.254. The standard InChI is InChI=1S/C16H12BrClN2OS/c17-13-6-3-5-12(11-4-1-2-7-14(11)21)15(13)19-8-10-9-20-16(18)22-10/h1-7,9,19,21H,8H2. The van der Waals surface area contributed by atoms with E-state index in [9.17, 15) is 5.11 Å². The molecule has 112 valence electrons. The zero-order valence-electron chi connectivity index (χ0n) is 11.4. The predicted octanol–water partition coefficient (Wildman–Crippen LogP) is 5.54. The normalized spacial score (nSPS) is 10.6. The molecule has 2 N–H and O–H groups in total. The Labute approximate surface area is 145 Å². The number of nitrogens with zero attached hydrogens (tertiary/aromatic N) is 1. The summed E-state index contributed by atoms with van der Waals surface area (Å²) in [6.07, 6.45) is 1.76. The van der Waals surface area contributed by atoms with E-state index in [1.54, 1.807) is 12.3 Å². The highest BCUT2D eigenvalue weighted by atomic mass is 79.9. The van der Waals surface area contributed by atoms with Crippen molar-refractivity contribution >= 4 is 44.6 Å². The first-order valence-electron chi connectivity index (χ1n) is 6.56. The van der Waals surface area contributed by atoms with E-state index >= 15 is 0 Å². The highest BCUT2D eigenvalue weighted by molar-refractivity contribution is 9.10. The second-order valence-corrected chi connectivity index (χ2v) is 7.16. The Morgan fingerprint density at radius 3 is 2.64 bits per heavy atom. The average molecular weight is 396 g/mol. The van der Waals surface area contributed by atoms with Crippen LogP contribution in [0.5, 0.6) is 5.75 Å². The van der Waals surface area contributed by atoms with Crippen LogP contribution >= 0.6 is 38.9 Å². The van der Waals surface area contributed by atoms with Crippen LogP contribution < -0.4 is 5.32 Å². The van der Waals surface area contributed by atoms with Gasteiger partial charge in [0.05, 0.1) is 12.2 Å². The van der Waals surface area contributed by atoms with Crippen molar-refractivity contribution in [3.05, 3.63) is 62.5 Å². The van der Waals surface area contributed by atoms with Crippen molar-refractivity contribution in [1.29, 1.82) is 0 Å². The van der Waals surface area contributed by atoms with Gasteiger partial charge < -0.3 is 10.4 Å². The van der Waals surface area contributed by atoms with Gasteiger partial charge in [-0.1, -0.05) is 41.9 Å². The van der Waals surface area contributed by atoms with Gasteiger partial charge in [0, 0.05) is 26.7 Å². The Balaban J connectivity index is 1.95. The van der Waals surface area contributed by atoms with E-state index in [0.717, 1.165) is 26.2 Å². The van der Waals surface area contributed by atoms with Gasteiger partial charge in [0.2, 0.25) is 0 Å². The molecule has 0 spiro atoms. The number of benzene rings is 2. The van der Waals surface area contributed by atoms with Crippen LogP contribution in [0.1, 0.15) is 4.88 Å². The number of hydrogen-bond donors (Lipinski definition) is 2. The molecular formula is C16H12BrClN2OS. The van der Waals surface area contributed by atoms with Gasteiger partial charge in [-0.25, -0.2) is 4.98 Å². The van der Waals surface area contributed by atoms with Crippen LogP contribution in [0, 0.1) is 0 Å². The van der Waals surface area contributed by atoms with E-state index in [0.29, 0.717) is 11.0 Å². The Hall–Kier alpha value is -1.56. The number of hydrogen-bond acceptors (Lipinski definition) is 4. The molecular weight excluding hydrogens is 384 g/mol. The summed E-state index contributed by atoms with van der Waals surface area (Å²) in [7, 11) is 0. The largest absolute Gasteiger partial charge is 0.507 e. The molecule has 3 rings (SSSR count). The number of halogens is 2. The van der Waals surface area contributed by atoms with Crippen molar-refractivity contribution in [3.63, 3.8) is 0 Å². The van der Waals surface area contributed by atoms with Crippen LogP contribution in [-0.2, 0) is 6.54 Å². The number of aromatic hydroxyl groups is 1. The van der Waals surface area contributed by atoms with E-state index in [1.807, 2.05) is 36.4 Å². The van der Waals surface area contributed by atoms with Crippen molar-refractivity contribution in [1.82, 2.24) is 4.98 Å². The van der Waals surface area contributed by atoms with E-state index in [-0.39, 0.29) is 5.75 Å². The monoisotopic (exact) mass is 394 g/mol. The van der Waals surface area contributed by atoms with Crippen molar-refractivity contribution in [3.8, 4) is 16.9 Å². The molecule has 0 aliphatic carbocycles. The number of rotatable bonds is 4. The summed E-state index contributed by atoms with van der Waals surface area (Å²) >= 11 is 10.9. The molecule has 0 unspecified atom stereocenters. The predicted molar refractivity (Wildman–Crippen MR) is 95.7 cm³/mol. The Morgan fingerprint density at radius 2 is 1.91 bits per heavy atom. The zero-order valence-corrected chi connectivity index (χ0v) is 14.5. The molecule has 0 amide bonds. The smallest absolute Gasteiger partial charge is 0.183 e. The van der Waals surface area contributed by atoms with Gasteiger partial charge in [-0.3, -0.25) is 0 Å². The van der Waals surface area contributed by atoms with Gasteiger partial charge in [-0.05, 0) is 28.1 Å². The van der Waals surface area contributed by atoms with Crippen LogP contribution in [0.3, 0.4) is 0 Å². The van der Waals surface area contributed by atoms with Crippen molar-refractivity contribution < 1.29 is 5.11 Å². The van der Waals surface area contributed by atoms with Crippen molar-refractivity contribution in [2.45, 2.75) is 6.54 Å². The van der Waals surface area contributed by atoms with E-state index in [2.05, 4.69) is 26.2 Å². The lowest BCUT2D eigenvalue weighted by atomic mass is 10.0. The van der Waals surface area contributed by atoms with Crippen LogP contribution in [0.15, 0.2) is 53.1 Å². The SMILES string of the molecule is Oc1ccccc1-c1cccc(Br)c1NCc1cnc(Cl)s1. The molecule has 0 saturated heterocycles. The maximum Gasteiger partial charge on any atom is 0.183 e. The average Bonchev–Trinajstić information content (AvgIpc) is 2.92. The fourth-order valence-electron chi connectivity index (χ4n) is 2.17. The number of anilines is 1. The van der Waals surface area contributed by atoms with Gasteiger partial charge in [0.25, 0.3) is 0 Å². The fraction of sp³-hybridized carbons (Fsp3) is 0.0625. The molecule has 0 fully saturated rings. The molecule has 0 atom stereocenters. The summed E-state index contributed by atoms with van der Waals surface area (Å²) in [6.45, 7) is 0.619. The molecule has 2 aromatic carbocycles. The van der Waals surface area contributed by atoms with Crippen LogP contribution in [0.4, 0.5) is 5.69 Å². The van der Waals surface area contributed by atoms with Crippen molar-refractivity contribution in [2.24, 2.45) is 0 Å². The number of para-hydroxylation sites is 2. The lowest BCUT2D eigenvalue weighted by Gasteiger charge is -2.14. The molecule has 0 aliphatic heterocycles. The quantitative estimate of drug-likeness (QED) is 0.609. The summed E-state index contributed by atoms with van der Waals surface area (Å²) in [6, 6.07) is 13.2. The number of aromatic nitrogens is 1. The molecule has 6 heteroatoms.